The van der Waals surface area contributed by atoms with E-state index >= 15 is 0 Å². The van der Waals surface area contributed by atoms with Gasteiger partial charge in [0.05, 0.1) is 17.8 Å². The maximum absolute atomic E-state index is 10.2. The number of hydrogen-bond donors (Lipinski definition) is 0. The van der Waals surface area contributed by atoms with Crippen LogP contribution in [0.15, 0.2) is 6.20 Å². The smallest absolute Gasteiger partial charge is 0.358 e. The van der Waals surface area contributed by atoms with Crippen LogP contribution < -0.4 is 0 Å². The fourth-order valence-electron chi connectivity index (χ4n) is 0.673. The molecule has 1 aromatic rings. The van der Waals surface area contributed by atoms with Gasteiger partial charge < -0.3 is 10.1 Å². The Bertz CT molecular complexity index is 283. The molecule has 0 fully saturated rings. The van der Waals surface area contributed by atoms with Crippen molar-refractivity contribution in [2.24, 2.45) is 0 Å². The molecule has 1 aromatic heterocycles. The highest BCUT2D eigenvalue weighted by Gasteiger charge is 2.17. The average Bonchev–Trinajstić information content (AvgIpc) is 2.30. The third-order valence-corrected chi connectivity index (χ3v) is 1.46. The van der Waals surface area contributed by atoms with E-state index in [1.807, 2.05) is 6.92 Å². The van der Waals surface area contributed by atoms with Crippen molar-refractivity contribution in [3.05, 3.63) is 21.3 Å². The number of nitro groups is 1. The van der Waals surface area contributed by atoms with Crippen molar-refractivity contribution in [1.29, 1.82) is 0 Å². The van der Waals surface area contributed by atoms with E-state index < -0.39 is 4.92 Å². The summed E-state index contributed by atoms with van der Waals surface area (Å²) >= 11 is 5.49. The van der Waals surface area contributed by atoms with Crippen LogP contribution >= 0.6 is 11.6 Å². The first-order chi connectivity index (χ1) is 5.15. The van der Waals surface area contributed by atoms with Crippen molar-refractivity contribution in [2.75, 3.05) is 0 Å². The Hall–Kier alpha value is -1.10. The molecule has 1 heterocycles. The largest absolute Gasteiger partial charge is 0.408 e. The Morgan fingerprint density at radius 1 is 1.91 bits per heavy atom. The minimum Gasteiger partial charge on any atom is -0.358 e. The maximum atomic E-state index is 10.2. The van der Waals surface area contributed by atoms with Gasteiger partial charge in [0.25, 0.3) is 0 Å². The number of aromatic nitrogens is 2. The Morgan fingerprint density at radius 2 is 2.55 bits per heavy atom. The molecule has 0 bridgehead atoms. The lowest BCUT2D eigenvalue weighted by Gasteiger charge is -1.84. The van der Waals surface area contributed by atoms with Crippen LogP contribution in [0.5, 0.6) is 0 Å². The second-order valence-corrected chi connectivity index (χ2v) is 2.32. The molecule has 5 nitrogen and oxygen atoms in total. The number of nitrogens with zero attached hydrogens (tertiary/aromatic N) is 3. The summed E-state index contributed by atoms with van der Waals surface area (Å²) in [6.07, 6.45) is 1.43. The molecule has 0 radical (unpaired) electrons. The first kappa shape index (κ1) is 8.00. The van der Waals surface area contributed by atoms with E-state index in [1.165, 1.54) is 10.9 Å². The SMILES string of the molecule is CCn1cc(Cl)c([N+](=O)[O-])n1. The predicted octanol–water partition coefficient (Wildman–Crippen LogP) is 1.46. The first-order valence-electron chi connectivity index (χ1n) is 3.02. The summed E-state index contributed by atoms with van der Waals surface area (Å²) in [4.78, 5) is 9.59. The van der Waals surface area contributed by atoms with E-state index in [0.717, 1.165) is 0 Å². The van der Waals surface area contributed by atoms with Gasteiger partial charge in [-0.1, -0.05) is 11.6 Å². The third-order valence-electron chi connectivity index (χ3n) is 1.20. The molecule has 60 valence electrons. The van der Waals surface area contributed by atoms with Gasteiger partial charge in [-0.2, -0.15) is 4.68 Å². The molecule has 1 rings (SSSR count). The molecule has 0 saturated heterocycles. The monoisotopic (exact) mass is 175 g/mol. The van der Waals surface area contributed by atoms with E-state index in [0.29, 0.717) is 6.54 Å². The summed E-state index contributed by atoms with van der Waals surface area (Å²) in [5, 5.41) is 13.9. The van der Waals surface area contributed by atoms with Crippen molar-refractivity contribution in [1.82, 2.24) is 9.78 Å². The summed E-state index contributed by atoms with van der Waals surface area (Å²) in [5.41, 5.74) is 0. The van der Waals surface area contributed by atoms with E-state index in [9.17, 15) is 10.1 Å². The molecule has 0 spiro atoms. The average molecular weight is 176 g/mol. The molecule has 0 N–H and O–H groups in total. The van der Waals surface area contributed by atoms with Crippen LogP contribution in [0, 0.1) is 10.1 Å². The lowest BCUT2D eigenvalue weighted by atomic mass is 10.6. The molecule has 11 heavy (non-hydrogen) atoms. The Morgan fingerprint density at radius 3 is 2.82 bits per heavy atom. The van der Waals surface area contributed by atoms with Gasteiger partial charge in [-0.25, -0.2) is 0 Å². The minimum atomic E-state index is -0.603. The molecule has 0 amide bonds. The Kier molecular flexibility index (Phi) is 2.09. The quantitative estimate of drug-likeness (QED) is 0.505. The van der Waals surface area contributed by atoms with E-state index in [1.54, 1.807) is 0 Å². The van der Waals surface area contributed by atoms with Crippen LogP contribution in [-0.2, 0) is 6.54 Å². The summed E-state index contributed by atoms with van der Waals surface area (Å²) in [6, 6.07) is 0. The molecule has 0 aliphatic heterocycles. The van der Waals surface area contributed by atoms with Gasteiger partial charge in [-0.05, 0) is 11.8 Å². The zero-order valence-corrected chi connectivity index (χ0v) is 6.58. The van der Waals surface area contributed by atoms with E-state index in [-0.39, 0.29) is 10.8 Å². The van der Waals surface area contributed by atoms with Crippen molar-refractivity contribution in [3.63, 3.8) is 0 Å². The van der Waals surface area contributed by atoms with Gasteiger partial charge in [0.2, 0.25) is 0 Å². The zero-order chi connectivity index (χ0) is 8.43. The zero-order valence-electron chi connectivity index (χ0n) is 5.82. The number of aryl methyl sites for hydroxylation is 1. The second-order valence-electron chi connectivity index (χ2n) is 1.91. The molecule has 0 unspecified atom stereocenters. The summed E-state index contributed by atoms with van der Waals surface area (Å²) in [7, 11) is 0. The van der Waals surface area contributed by atoms with Gasteiger partial charge in [-0.3, -0.25) is 0 Å². The second kappa shape index (κ2) is 2.87. The van der Waals surface area contributed by atoms with Crippen LogP contribution in [-0.4, -0.2) is 14.7 Å². The van der Waals surface area contributed by atoms with Crippen LogP contribution in [0.25, 0.3) is 0 Å². The van der Waals surface area contributed by atoms with Crippen LogP contribution in [0.3, 0.4) is 0 Å². The van der Waals surface area contributed by atoms with Crippen LogP contribution in [0.4, 0.5) is 5.82 Å². The lowest BCUT2D eigenvalue weighted by Crippen LogP contribution is -1.95. The van der Waals surface area contributed by atoms with Gasteiger partial charge in [-0.15, -0.1) is 0 Å². The Labute approximate surface area is 67.7 Å². The first-order valence-corrected chi connectivity index (χ1v) is 3.40. The molecule has 0 aliphatic rings. The number of rotatable bonds is 2. The highest BCUT2D eigenvalue weighted by molar-refractivity contribution is 6.32. The molecule has 0 atom stereocenters. The van der Waals surface area contributed by atoms with Crippen LogP contribution in [0.2, 0.25) is 5.02 Å². The molecular formula is C5H6ClN3O2. The van der Waals surface area contributed by atoms with Gasteiger partial charge in [0, 0.05) is 0 Å². The number of halogens is 1. The third kappa shape index (κ3) is 1.48. The minimum absolute atomic E-state index is 0.0804. The molecule has 6 heteroatoms. The molecule has 0 aromatic carbocycles. The fraction of sp³-hybridized carbons (Fsp3) is 0.400. The van der Waals surface area contributed by atoms with Gasteiger partial charge in [0.1, 0.15) is 0 Å². The van der Waals surface area contributed by atoms with Crippen molar-refractivity contribution in [3.8, 4) is 0 Å². The van der Waals surface area contributed by atoms with Crippen molar-refractivity contribution in [2.45, 2.75) is 13.5 Å². The normalized spacial score (nSPS) is 10.0. The molecule has 0 aliphatic carbocycles. The van der Waals surface area contributed by atoms with E-state index in [4.69, 9.17) is 11.6 Å². The molecular weight excluding hydrogens is 170 g/mol. The fourth-order valence-corrected chi connectivity index (χ4v) is 0.892. The highest BCUT2D eigenvalue weighted by Crippen LogP contribution is 2.20. The maximum Gasteiger partial charge on any atom is 0.408 e. The molecule has 0 saturated carbocycles. The van der Waals surface area contributed by atoms with Gasteiger partial charge >= 0.3 is 5.82 Å². The standard InChI is InChI=1S/C5H6ClN3O2/c1-2-8-3-4(6)5(7-8)9(10)11/h3H,2H2,1H3. The summed E-state index contributed by atoms with van der Waals surface area (Å²) in [5.74, 6) is -0.284. The topological polar surface area (TPSA) is 61.0 Å². The van der Waals surface area contributed by atoms with Crippen molar-refractivity contribution < 1.29 is 4.92 Å². The summed E-state index contributed by atoms with van der Waals surface area (Å²) < 4.78 is 1.42. The van der Waals surface area contributed by atoms with Crippen molar-refractivity contribution >= 4 is 17.4 Å². The summed E-state index contributed by atoms with van der Waals surface area (Å²) in [6.45, 7) is 2.40. The lowest BCUT2D eigenvalue weighted by molar-refractivity contribution is -0.389. The number of hydrogen-bond acceptors (Lipinski definition) is 3. The Balaban J connectivity index is 3.07. The highest BCUT2D eigenvalue weighted by atomic mass is 35.5. The van der Waals surface area contributed by atoms with Crippen LogP contribution in [0.1, 0.15) is 6.92 Å². The predicted molar refractivity (Wildman–Crippen MR) is 39.6 cm³/mol. The van der Waals surface area contributed by atoms with Gasteiger partial charge in [0.15, 0.2) is 5.02 Å². The van der Waals surface area contributed by atoms with E-state index in [2.05, 4.69) is 5.10 Å².